The summed E-state index contributed by atoms with van der Waals surface area (Å²) in [7, 11) is 0. The quantitative estimate of drug-likeness (QED) is 0.169. The van der Waals surface area contributed by atoms with E-state index in [2.05, 4.69) is 192 Å². The Kier molecular flexibility index (Phi) is 7.02. The van der Waals surface area contributed by atoms with Gasteiger partial charge in [-0.05, 0) is 148 Å². The highest BCUT2D eigenvalue weighted by Crippen LogP contribution is 2.69. The van der Waals surface area contributed by atoms with Crippen molar-refractivity contribution >= 4 is 44.9 Å². The molecule has 0 radical (unpaired) electrons. The van der Waals surface area contributed by atoms with Crippen LogP contribution in [0, 0.1) is 11.8 Å². The molecule has 2 heteroatoms. The first kappa shape index (κ1) is 31.9. The molecule has 1 fully saturated rings. The van der Waals surface area contributed by atoms with Gasteiger partial charge < -0.3 is 9.80 Å². The summed E-state index contributed by atoms with van der Waals surface area (Å²) < 4.78 is 0. The molecule has 8 aromatic carbocycles. The first-order valence-electron chi connectivity index (χ1n) is 20.4. The Morgan fingerprint density at radius 2 is 0.929 bits per heavy atom. The zero-order valence-corrected chi connectivity index (χ0v) is 31.4. The zero-order valence-electron chi connectivity index (χ0n) is 31.4. The Labute approximate surface area is 329 Å². The zero-order chi connectivity index (χ0) is 36.8. The van der Waals surface area contributed by atoms with Crippen LogP contribution >= 0.6 is 0 Å². The van der Waals surface area contributed by atoms with Crippen LogP contribution in [0.15, 0.2) is 182 Å². The maximum absolute atomic E-state index is 2.64. The monoisotopic (exact) mass is 718 g/mol. The molecule has 2 nitrogen and oxygen atoms in total. The summed E-state index contributed by atoms with van der Waals surface area (Å²) in [5.41, 5.74) is 19.1. The minimum absolute atomic E-state index is 0.102. The van der Waals surface area contributed by atoms with Crippen LogP contribution in [-0.2, 0) is 24.7 Å². The molecule has 0 heterocycles. The van der Waals surface area contributed by atoms with E-state index in [0.717, 1.165) is 19.3 Å². The summed E-state index contributed by atoms with van der Waals surface area (Å²) in [6, 6.07) is 68.4. The Hall–Kier alpha value is -6.38. The van der Waals surface area contributed by atoms with Crippen LogP contribution in [-0.4, -0.2) is 0 Å². The number of hydrogen-bond acceptors (Lipinski definition) is 2. The van der Waals surface area contributed by atoms with Gasteiger partial charge in [-0.25, -0.2) is 0 Å². The predicted octanol–water partition coefficient (Wildman–Crippen LogP) is 13.8. The van der Waals surface area contributed by atoms with Crippen LogP contribution in [0.3, 0.4) is 0 Å². The average Bonchev–Trinajstić information content (AvgIpc) is 3.98. The summed E-state index contributed by atoms with van der Waals surface area (Å²) in [5, 5.41) is 2.54. The van der Waals surface area contributed by atoms with Crippen LogP contribution in [0.1, 0.15) is 46.2 Å². The lowest BCUT2D eigenvalue weighted by molar-refractivity contribution is 0.350. The molecule has 1 saturated carbocycles. The van der Waals surface area contributed by atoms with Crippen molar-refractivity contribution in [2.24, 2.45) is 11.8 Å². The summed E-state index contributed by atoms with van der Waals surface area (Å²) in [5.74, 6) is 1.09. The Balaban J connectivity index is 1.12. The molecule has 268 valence electrons. The number of benzene rings is 8. The van der Waals surface area contributed by atoms with Crippen LogP contribution < -0.4 is 9.80 Å². The number of fused-ring (bicyclic) bond motifs is 6. The molecular formula is C54H42N2. The first-order valence-corrected chi connectivity index (χ1v) is 20.4. The highest BCUT2D eigenvalue weighted by atomic mass is 15.2. The lowest BCUT2D eigenvalue weighted by Gasteiger charge is -2.40. The normalized spacial score (nSPS) is 19.5. The molecule has 56 heavy (non-hydrogen) atoms. The van der Waals surface area contributed by atoms with Crippen molar-refractivity contribution in [1.82, 2.24) is 0 Å². The van der Waals surface area contributed by atoms with Gasteiger partial charge >= 0.3 is 0 Å². The van der Waals surface area contributed by atoms with Gasteiger partial charge in [0.25, 0.3) is 0 Å². The van der Waals surface area contributed by atoms with Gasteiger partial charge in [-0.15, -0.1) is 0 Å². The van der Waals surface area contributed by atoms with Gasteiger partial charge in [0, 0.05) is 27.9 Å². The molecule has 3 unspecified atom stereocenters. The SMILES string of the molecule is c1ccc(N(c2ccccc2)c2cccc3c2C24c5c(cccc5N(c5ccc6c(c5)Cc5ccccc5-6)c5cccc6ccccc56)CC2CCC4C3)cc1. The topological polar surface area (TPSA) is 6.48 Å². The van der Waals surface area contributed by atoms with Crippen molar-refractivity contribution in [2.75, 3.05) is 9.80 Å². The van der Waals surface area contributed by atoms with E-state index in [-0.39, 0.29) is 5.41 Å². The molecular weight excluding hydrogens is 677 g/mol. The van der Waals surface area contributed by atoms with E-state index in [4.69, 9.17) is 0 Å². The first-order chi connectivity index (χ1) is 27.8. The van der Waals surface area contributed by atoms with Crippen molar-refractivity contribution in [3.8, 4) is 11.1 Å². The molecule has 4 aliphatic carbocycles. The third-order valence-electron chi connectivity index (χ3n) is 13.7. The van der Waals surface area contributed by atoms with Gasteiger partial charge in [-0.1, -0.05) is 127 Å². The standard InChI is InChI=1S/C54H42N2/c1-3-19-43(20-4-1)55(44-21-5-2-6-22-44)50-26-12-17-38-33-41-28-29-42-34-39-18-13-27-51(53(39)54(41,42)52(38)50)56(49-25-11-16-36-14-7-10-24-48(36)49)45-30-31-47-40(35-45)32-37-15-8-9-23-46(37)47/h1-27,30-31,35,41-42H,28-29,32-34H2. The van der Waals surface area contributed by atoms with Crippen molar-refractivity contribution < 1.29 is 0 Å². The van der Waals surface area contributed by atoms with Gasteiger partial charge in [0.15, 0.2) is 0 Å². The lowest BCUT2D eigenvalue weighted by atomic mass is 9.68. The van der Waals surface area contributed by atoms with Gasteiger partial charge in [-0.3, -0.25) is 0 Å². The number of rotatable bonds is 6. The van der Waals surface area contributed by atoms with E-state index in [9.17, 15) is 0 Å². The maximum Gasteiger partial charge on any atom is 0.0540 e. The summed E-state index contributed by atoms with van der Waals surface area (Å²) in [4.78, 5) is 5.18. The lowest BCUT2D eigenvalue weighted by Crippen LogP contribution is -2.34. The van der Waals surface area contributed by atoms with Gasteiger partial charge in [0.05, 0.1) is 17.1 Å². The van der Waals surface area contributed by atoms with E-state index < -0.39 is 0 Å². The smallest absolute Gasteiger partial charge is 0.0540 e. The van der Waals surface area contributed by atoms with E-state index in [1.165, 1.54) is 91.1 Å². The predicted molar refractivity (Wildman–Crippen MR) is 232 cm³/mol. The minimum atomic E-state index is -0.102. The molecule has 8 aromatic rings. The third kappa shape index (κ3) is 4.50. The molecule has 0 saturated heterocycles. The number of nitrogens with zero attached hydrogens (tertiary/aromatic N) is 2. The third-order valence-corrected chi connectivity index (χ3v) is 13.7. The van der Waals surface area contributed by atoms with Crippen LogP contribution in [0.5, 0.6) is 0 Å². The second kappa shape index (κ2) is 12.3. The number of anilines is 6. The van der Waals surface area contributed by atoms with Crippen molar-refractivity contribution in [3.63, 3.8) is 0 Å². The Morgan fingerprint density at radius 1 is 0.393 bits per heavy atom. The second-order valence-electron chi connectivity index (χ2n) is 16.4. The van der Waals surface area contributed by atoms with Gasteiger partial charge in [-0.2, -0.15) is 0 Å². The fraction of sp³-hybridized carbons (Fsp3) is 0.148. The van der Waals surface area contributed by atoms with Gasteiger partial charge in [0.1, 0.15) is 0 Å². The molecule has 0 amide bonds. The summed E-state index contributed by atoms with van der Waals surface area (Å²) in [6.07, 6.45) is 5.72. The van der Waals surface area contributed by atoms with Gasteiger partial charge in [0.2, 0.25) is 0 Å². The Morgan fingerprint density at radius 3 is 1.64 bits per heavy atom. The number of hydrogen-bond donors (Lipinski definition) is 0. The molecule has 0 N–H and O–H groups in total. The molecule has 4 aliphatic rings. The molecule has 0 bridgehead atoms. The highest BCUT2D eigenvalue weighted by Gasteiger charge is 2.62. The molecule has 0 aliphatic heterocycles. The van der Waals surface area contributed by atoms with Crippen molar-refractivity contribution in [3.05, 3.63) is 215 Å². The fourth-order valence-corrected chi connectivity index (χ4v) is 11.7. The Bertz CT molecular complexity index is 2770. The van der Waals surface area contributed by atoms with Crippen molar-refractivity contribution in [2.45, 2.75) is 37.5 Å². The largest absolute Gasteiger partial charge is 0.310 e. The fourth-order valence-electron chi connectivity index (χ4n) is 11.7. The minimum Gasteiger partial charge on any atom is -0.310 e. The van der Waals surface area contributed by atoms with Crippen LogP contribution in [0.25, 0.3) is 21.9 Å². The summed E-state index contributed by atoms with van der Waals surface area (Å²) >= 11 is 0. The molecule has 3 atom stereocenters. The van der Waals surface area contributed by atoms with E-state index in [1.54, 1.807) is 11.1 Å². The second-order valence-corrected chi connectivity index (χ2v) is 16.4. The van der Waals surface area contributed by atoms with E-state index >= 15 is 0 Å². The highest BCUT2D eigenvalue weighted by molar-refractivity contribution is 6.00. The van der Waals surface area contributed by atoms with Crippen LogP contribution in [0.4, 0.5) is 34.1 Å². The van der Waals surface area contributed by atoms with Crippen LogP contribution in [0.2, 0.25) is 0 Å². The average molecular weight is 719 g/mol. The molecule has 12 rings (SSSR count). The maximum atomic E-state index is 2.64. The van der Waals surface area contributed by atoms with E-state index in [0.29, 0.717) is 11.8 Å². The summed E-state index contributed by atoms with van der Waals surface area (Å²) in [6.45, 7) is 0. The molecule has 0 aromatic heterocycles. The number of para-hydroxylation sites is 2. The molecule has 1 spiro atoms. The van der Waals surface area contributed by atoms with E-state index in [1.807, 2.05) is 0 Å². The van der Waals surface area contributed by atoms with Crippen molar-refractivity contribution in [1.29, 1.82) is 0 Å².